The van der Waals surface area contributed by atoms with Crippen LogP contribution in [0.5, 0.6) is 0 Å². The van der Waals surface area contributed by atoms with Gasteiger partial charge in [0.05, 0.1) is 18.4 Å². The number of nitrogen functional groups attached to an aromatic ring is 2. The summed E-state index contributed by atoms with van der Waals surface area (Å²) in [5, 5.41) is 11.7. The molecule has 172 valence electrons. The minimum Gasteiger partial charge on any atom is -0.480 e. The number of hydrogen-bond acceptors (Lipinski definition) is 10. The van der Waals surface area contributed by atoms with E-state index >= 15 is 0 Å². The number of nitrogens with zero attached hydrogens (tertiary/aromatic N) is 5. The van der Waals surface area contributed by atoms with Crippen LogP contribution >= 0.6 is 0 Å². The van der Waals surface area contributed by atoms with Crippen LogP contribution in [0.25, 0.3) is 11.2 Å². The molecule has 0 fully saturated rings. The third kappa shape index (κ3) is 5.87. The molecule has 6 N–H and O–H groups in total. The van der Waals surface area contributed by atoms with E-state index in [2.05, 4.69) is 25.3 Å². The fraction of sp³-hybridized carbons (Fsp3) is 0.286. The molecular weight excluding hydrogens is 428 g/mol. The number of aliphatic carboxylic acids is 1. The predicted octanol–water partition coefficient (Wildman–Crippen LogP) is 0.773. The van der Waals surface area contributed by atoms with Crippen LogP contribution in [-0.4, -0.2) is 55.8 Å². The number of hydrogen-bond donors (Lipinski definition) is 4. The summed E-state index contributed by atoms with van der Waals surface area (Å²) < 4.78 is 0. The predicted molar refractivity (Wildman–Crippen MR) is 121 cm³/mol. The Morgan fingerprint density at radius 3 is 2.45 bits per heavy atom. The number of nitrogens with two attached hydrogens (primary N) is 2. The SMILES string of the molecule is CC(=O)CCC(NC(=O)c1ccc(N(C)Cc2cnc3nc(N)nc(N)c3n2)cc1)C(=O)O. The summed E-state index contributed by atoms with van der Waals surface area (Å²) in [4.78, 5) is 53.4. The van der Waals surface area contributed by atoms with Crippen molar-refractivity contribution in [3.05, 3.63) is 41.7 Å². The van der Waals surface area contributed by atoms with Crippen LogP contribution in [0.4, 0.5) is 17.5 Å². The summed E-state index contributed by atoms with van der Waals surface area (Å²) in [6.45, 7) is 1.77. The Kier molecular flexibility index (Phi) is 6.96. The molecule has 0 aliphatic carbocycles. The number of benzene rings is 1. The fourth-order valence-electron chi connectivity index (χ4n) is 3.11. The average Bonchev–Trinajstić information content (AvgIpc) is 2.76. The van der Waals surface area contributed by atoms with Gasteiger partial charge in [-0.3, -0.25) is 4.79 Å². The second kappa shape index (κ2) is 9.85. The topological polar surface area (TPSA) is 190 Å². The van der Waals surface area contributed by atoms with Crippen molar-refractivity contribution in [1.82, 2.24) is 25.3 Å². The molecule has 12 nitrogen and oxygen atoms in total. The van der Waals surface area contributed by atoms with Gasteiger partial charge in [-0.15, -0.1) is 0 Å². The van der Waals surface area contributed by atoms with Gasteiger partial charge in [0.15, 0.2) is 17.0 Å². The van der Waals surface area contributed by atoms with Crippen molar-refractivity contribution in [2.24, 2.45) is 0 Å². The number of carbonyl (C=O) groups excluding carboxylic acids is 2. The maximum atomic E-state index is 12.4. The quantitative estimate of drug-likeness (QED) is 0.358. The van der Waals surface area contributed by atoms with Gasteiger partial charge in [0.2, 0.25) is 5.95 Å². The molecule has 2 heterocycles. The maximum absolute atomic E-state index is 12.4. The molecular formula is C21H24N8O4. The first-order chi connectivity index (χ1) is 15.6. The van der Waals surface area contributed by atoms with E-state index in [1.54, 1.807) is 30.5 Å². The summed E-state index contributed by atoms with van der Waals surface area (Å²) >= 11 is 0. The van der Waals surface area contributed by atoms with Gasteiger partial charge in [-0.1, -0.05) is 0 Å². The van der Waals surface area contributed by atoms with Crippen molar-refractivity contribution in [2.45, 2.75) is 32.4 Å². The van der Waals surface area contributed by atoms with Gasteiger partial charge in [0.1, 0.15) is 11.8 Å². The zero-order chi connectivity index (χ0) is 24.1. The van der Waals surface area contributed by atoms with Gasteiger partial charge in [0.25, 0.3) is 5.91 Å². The van der Waals surface area contributed by atoms with Crippen LogP contribution in [0.2, 0.25) is 0 Å². The number of rotatable bonds is 9. The minimum absolute atomic E-state index is 0.0248. The molecule has 1 amide bonds. The number of amides is 1. The molecule has 0 aliphatic heterocycles. The molecule has 0 radical (unpaired) electrons. The molecule has 0 spiro atoms. The summed E-state index contributed by atoms with van der Waals surface area (Å²) in [6, 6.07) is 5.50. The van der Waals surface area contributed by atoms with Crippen molar-refractivity contribution >= 4 is 46.3 Å². The van der Waals surface area contributed by atoms with Crippen molar-refractivity contribution in [2.75, 3.05) is 23.4 Å². The summed E-state index contributed by atoms with van der Waals surface area (Å²) in [7, 11) is 1.84. The number of aromatic nitrogens is 4. The third-order valence-electron chi connectivity index (χ3n) is 4.86. The zero-order valence-corrected chi connectivity index (χ0v) is 18.1. The van der Waals surface area contributed by atoms with E-state index < -0.39 is 17.9 Å². The number of ketones is 1. The maximum Gasteiger partial charge on any atom is 0.326 e. The highest BCUT2D eigenvalue weighted by atomic mass is 16.4. The Morgan fingerprint density at radius 2 is 1.82 bits per heavy atom. The lowest BCUT2D eigenvalue weighted by molar-refractivity contribution is -0.139. The number of fused-ring (bicyclic) bond motifs is 1. The van der Waals surface area contributed by atoms with E-state index in [0.717, 1.165) is 5.69 Å². The molecule has 1 aromatic carbocycles. The van der Waals surface area contributed by atoms with Gasteiger partial charge in [0, 0.05) is 24.7 Å². The first kappa shape index (κ1) is 23.3. The summed E-state index contributed by atoms with van der Waals surface area (Å²) in [5.74, 6) is -1.69. The highest BCUT2D eigenvalue weighted by Crippen LogP contribution is 2.19. The molecule has 1 unspecified atom stereocenters. The van der Waals surface area contributed by atoms with Crippen molar-refractivity contribution in [1.29, 1.82) is 0 Å². The smallest absolute Gasteiger partial charge is 0.326 e. The molecule has 0 saturated heterocycles. The van der Waals surface area contributed by atoms with Gasteiger partial charge in [-0.25, -0.2) is 14.8 Å². The summed E-state index contributed by atoms with van der Waals surface area (Å²) in [6.07, 6.45) is 1.68. The van der Waals surface area contributed by atoms with E-state index in [0.29, 0.717) is 29.0 Å². The van der Waals surface area contributed by atoms with Crippen LogP contribution in [0.15, 0.2) is 30.5 Å². The number of carbonyl (C=O) groups is 3. The van der Waals surface area contributed by atoms with Crippen LogP contribution < -0.4 is 21.7 Å². The van der Waals surface area contributed by atoms with Gasteiger partial charge in [-0.05, 0) is 37.6 Å². The Hall–Kier alpha value is -4.35. The standard InChI is InChI=1S/C21H24N8O4/c1-11(30)3-8-15(20(32)33)26-19(31)12-4-6-14(7-5-12)29(2)10-13-9-24-18-16(25-13)17(22)27-21(23)28-18/h4-7,9,15H,3,8,10H2,1-2H3,(H,26,31)(H,32,33)(H4,22,23,24,27,28). The monoisotopic (exact) mass is 452 g/mol. The number of nitrogens with one attached hydrogen (secondary N) is 1. The molecule has 2 aromatic heterocycles. The van der Waals surface area contributed by atoms with Crippen LogP contribution in [-0.2, 0) is 16.1 Å². The van der Waals surface area contributed by atoms with Crippen LogP contribution in [0, 0.1) is 0 Å². The number of carboxylic acids is 1. The molecule has 3 aromatic rings. The highest BCUT2D eigenvalue weighted by Gasteiger charge is 2.21. The number of carboxylic acid groups (broad SMARTS) is 1. The molecule has 12 heteroatoms. The van der Waals surface area contributed by atoms with E-state index in [-0.39, 0.29) is 30.4 Å². The Labute approximate surface area is 189 Å². The normalized spacial score (nSPS) is 11.7. The first-order valence-corrected chi connectivity index (χ1v) is 10.0. The first-order valence-electron chi connectivity index (χ1n) is 10.0. The lowest BCUT2D eigenvalue weighted by atomic mass is 10.1. The zero-order valence-electron chi connectivity index (χ0n) is 18.1. The molecule has 1 atom stereocenters. The third-order valence-corrected chi connectivity index (χ3v) is 4.86. The Bertz CT molecular complexity index is 1200. The summed E-state index contributed by atoms with van der Waals surface area (Å²) in [5.41, 5.74) is 13.8. The number of anilines is 3. The van der Waals surface area contributed by atoms with E-state index in [1.807, 2.05) is 11.9 Å². The lowest BCUT2D eigenvalue weighted by Crippen LogP contribution is -2.41. The van der Waals surface area contributed by atoms with Crippen molar-refractivity contribution in [3.63, 3.8) is 0 Å². The van der Waals surface area contributed by atoms with Crippen LogP contribution in [0.1, 0.15) is 35.8 Å². The van der Waals surface area contributed by atoms with E-state index in [9.17, 15) is 19.5 Å². The molecule has 3 rings (SSSR count). The van der Waals surface area contributed by atoms with E-state index in [4.69, 9.17) is 11.5 Å². The van der Waals surface area contributed by atoms with Crippen molar-refractivity contribution < 1.29 is 19.5 Å². The fourth-order valence-corrected chi connectivity index (χ4v) is 3.11. The van der Waals surface area contributed by atoms with E-state index in [1.165, 1.54) is 6.92 Å². The van der Waals surface area contributed by atoms with Crippen molar-refractivity contribution in [3.8, 4) is 0 Å². The second-order valence-electron chi connectivity index (χ2n) is 7.51. The van der Waals surface area contributed by atoms with Crippen LogP contribution in [0.3, 0.4) is 0 Å². The van der Waals surface area contributed by atoms with Gasteiger partial charge >= 0.3 is 5.97 Å². The number of Topliss-reactive ketones (excluding diaryl/α,β-unsaturated/α-hetero) is 1. The second-order valence-corrected chi connectivity index (χ2v) is 7.51. The largest absolute Gasteiger partial charge is 0.480 e. The molecule has 0 bridgehead atoms. The Morgan fingerprint density at radius 1 is 1.12 bits per heavy atom. The average molecular weight is 452 g/mol. The molecule has 33 heavy (non-hydrogen) atoms. The molecule has 0 saturated carbocycles. The highest BCUT2D eigenvalue weighted by molar-refractivity contribution is 5.97. The Balaban J connectivity index is 1.67. The van der Waals surface area contributed by atoms with Gasteiger partial charge < -0.3 is 31.6 Å². The molecule has 0 aliphatic rings. The lowest BCUT2D eigenvalue weighted by Gasteiger charge is -2.19. The van der Waals surface area contributed by atoms with Gasteiger partial charge in [-0.2, -0.15) is 9.97 Å². The minimum atomic E-state index is -1.19.